The van der Waals surface area contributed by atoms with Crippen molar-refractivity contribution in [2.24, 2.45) is 10.2 Å². The number of hydrogen-bond acceptors (Lipinski definition) is 6. The minimum absolute atomic E-state index is 0.0587. The zero-order valence-corrected chi connectivity index (χ0v) is 25.7. The lowest BCUT2D eigenvalue weighted by Crippen LogP contribution is -2.22. The van der Waals surface area contributed by atoms with E-state index in [2.05, 4.69) is 52.9 Å². The molecule has 0 radical (unpaired) electrons. The van der Waals surface area contributed by atoms with Crippen LogP contribution < -0.4 is 20.3 Å². The molecule has 10 heteroatoms. The van der Waals surface area contributed by atoms with Crippen molar-refractivity contribution in [3.8, 4) is 11.5 Å². The van der Waals surface area contributed by atoms with Gasteiger partial charge in [0.1, 0.15) is 24.7 Å². The van der Waals surface area contributed by atoms with Gasteiger partial charge in [0.25, 0.3) is 0 Å². The first-order valence-corrected chi connectivity index (χ1v) is 14.6. The predicted molar refractivity (Wildman–Crippen MR) is 171 cm³/mol. The number of carbonyl (C=O) groups is 2. The lowest BCUT2D eigenvalue weighted by Gasteiger charge is -2.10. The summed E-state index contributed by atoms with van der Waals surface area (Å²) in [5.41, 5.74) is 8.34. The molecule has 0 spiro atoms. The van der Waals surface area contributed by atoms with Crippen LogP contribution in [0, 0.1) is 0 Å². The van der Waals surface area contributed by atoms with Gasteiger partial charge in [0, 0.05) is 32.9 Å². The normalized spacial score (nSPS) is 11.0. The monoisotopic (exact) mass is 690 g/mol. The summed E-state index contributed by atoms with van der Waals surface area (Å²) >= 11 is 6.89. The SMILES string of the molecule is O=C(CCC(=O)N/N=C\c1cc(Br)ccc1OCc1ccccc1)N/N=C\c1cc(Br)ccc1OCc1ccccc1. The standard InChI is InChI=1S/C32H28Br2N4O4/c33-27-11-13-29(41-21-23-7-3-1-4-8-23)25(17-27)19-35-37-31(39)15-16-32(40)38-36-20-26-18-28(34)12-14-30(26)42-22-24-9-5-2-6-10-24/h1-14,17-20H,15-16,21-22H2,(H,37,39)(H,38,40)/b35-19-,36-20-. The smallest absolute Gasteiger partial charge is 0.240 e. The van der Waals surface area contributed by atoms with Crippen LogP contribution >= 0.6 is 31.9 Å². The maximum atomic E-state index is 12.3. The molecule has 4 aromatic rings. The van der Waals surface area contributed by atoms with Gasteiger partial charge in [-0.15, -0.1) is 0 Å². The van der Waals surface area contributed by atoms with Crippen molar-refractivity contribution >= 4 is 56.1 Å². The molecule has 0 saturated heterocycles. The Bertz CT molecular complexity index is 1430. The Kier molecular flexibility index (Phi) is 11.9. The van der Waals surface area contributed by atoms with E-state index in [-0.39, 0.29) is 12.8 Å². The molecule has 0 aromatic heterocycles. The maximum Gasteiger partial charge on any atom is 0.240 e. The summed E-state index contributed by atoms with van der Waals surface area (Å²) in [4.78, 5) is 24.5. The highest BCUT2D eigenvalue weighted by Crippen LogP contribution is 2.24. The summed E-state index contributed by atoms with van der Waals surface area (Å²) in [7, 11) is 0. The van der Waals surface area contributed by atoms with E-state index in [9.17, 15) is 9.59 Å². The molecule has 4 rings (SSSR count). The van der Waals surface area contributed by atoms with Gasteiger partial charge in [0.2, 0.25) is 11.8 Å². The van der Waals surface area contributed by atoms with Crippen molar-refractivity contribution in [2.75, 3.05) is 0 Å². The average molecular weight is 692 g/mol. The fourth-order valence-corrected chi connectivity index (χ4v) is 4.42. The highest BCUT2D eigenvalue weighted by Gasteiger charge is 2.08. The topological polar surface area (TPSA) is 101 Å². The minimum Gasteiger partial charge on any atom is -0.488 e. The first-order chi connectivity index (χ1) is 20.5. The van der Waals surface area contributed by atoms with E-state index in [1.54, 1.807) is 0 Å². The first kappa shape index (κ1) is 30.7. The molecule has 0 bridgehead atoms. The Balaban J connectivity index is 1.23. The summed E-state index contributed by atoms with van der Waals surface area (Å²) in [6, 6.07) is 30.7. The average Bonchev–Trinajstić information content (AvgIpc) is 3.00. The van der Waals surface area contributed by atoms with Gasteiger partial charge in [-0.1, -0.05) is 92.5 Å². The summed E-state index contributed by atoms with van der Waals surface area (Å²) in [6.45, 7) is 0.799. The van der Waals surface area contributed by atoms with Gasteiger partial charge in [0.15, 0.2) is 0 Å². The van der Waals surface area contributed by atoms with Crippen LogP contribution in [-0.4, -0.2) is 24.2 Å². The number of nitrogens with zero attached hydrogens (tertiary/aromatic N) is 2. The molecule has 0 aliphatic carbocycles. The predicted octanol–water partition coefficient (Wildman–Crippen LogP) is 6.75. The molecule has 0 saturated carbocycles. The van der Waals surface area contributed by atoms with Crippen molar-refractivity contribution in [2.45, 2.75) is 26.1 Å². The number of amides is 2. The molecule has 214 valence electrons. The number of benzene rings is 4. The number of hydrazone groups is 2. The van der Waals surface area contributed by atoms with E-state index >= 15 is 0 Å². The molecule has 2 amide bonds. The van der Waals surface area contributed by atoms with Gasteiger partial charge in [-0.25, -0.2) is 10.9 Å². The summed E-state index contributed by atoms with van der Waals surface area (Å²) in [5, 5.41) is 8.06. The van der Waals surface area contributed by atoms with E-state index < -0.39 is 11.8 Å². The Labute approximate surface area is 261 Å². The second kappa shape index (κ2) is 16.2. The molecule has 8 nitrogen and oxygen atoms in total. The number of hydrogen-bond donors (Lipinski definition) is 2. The number of nitrogens with one attached hydrogen (secondary N) is 2. The van der Waals surface area contributed by atoms with Crippen molar-refractivity contribution in [1.82, 2.24) is 10.9 Å². The Morgan fingerprint density at radius 3 is 1.43 bits per heavy atom. The molecule has 4 aromatic carbocycles. The van der Waals surface area contributed by atoms with E-state index in [1.165, 1.54) is 12.4 Å². The fraction of sp³-hybridized carbons (Fsp3) is 0.125. The molecular formula is C32H28Br2N4O4. The molecule has 2 N–H and O–H groups in total. The van der Waals surface area contributed by atoms with Crippen LogP contribution in [0.5, 0.6) is 11.5 Å². The third kappa shape index (κ3) is 10.3. The van der Waals surface area contributed by atoms with Crippen LogP contribution in [0.15, 0.2) is 116 Å². The van der Waals surface area contributed by atoms with Crippen LogP contribution in [-0.2, 0) is 22.8 Å². The first-order valence-electron chi connectivity index (χ1n) is 13.0. The van der Waals surface area contributed by atoms with E-state index in [4.69, 9.17) is 9.47 Å². The molecule has 42 heavy (non-hydrogen) atoms. The molecule has 0 atom stereocenters. The van der Waals surface area contributed by atoms with Gasteiger partial charge < -0.3 is 9.47 Å². The second-order valence-electron chi connectivity index (χ2n) is 9.00. The van der Waals surface area contributed by atoms with Crippen molar-refractivity contribution in [3.63, 3.8) is 0 Å². The van der Waals surface area contributed by atoms with Crippen molar-refractivity contribution in [3.05, 3.63) is 128 Å². The van der Waals surface area contributed by atoms with Crippen LogP contribution in [0.1, 0.15) is 35.1 Å². The number of halogens is 2. The van der Waals surface area contributed by atoms with E-state index in [0.29, 0.717) is 35.8 Å². The minimum atomic E-state index is -0.407. The van der Waals surface area contributed by atoms with E-state index in [1.807, 2.05) is 97.1 Å². The molecule has 0 fully saturated rings. The van der Waals surface area contributed by atoms with Gasteiger partial charge in [-0.3, -0.25) is 9.59 Å². The van der Waals surface area contributed by atoms with Crippen molar-refractivity contribution in [1.29, 1.82) is 0 Å². The lowest BCUT2D eigenvalue weighted by molar-refractivity contribution is -0.126. The highest BCUT2D eigenvalue weighted by molar-refractivity contribution is 9.10. The Morgan fingerprint density at radius 2 is 1.02 bits per heavy atom. The maximum absolute atomic E-state index is 12.3. The van der Waals surface area contributed by atoms with Crippen LogP contribution in [0.4, 0.5) is 0 Å². The quantitative estimate of drug-likeness (QED) is 0.120. The van der Waals surface area contributed by atoms with Gasteiger partial charge in [0.05, 0.1) is 12.4 Å². The molecule has 0 aliphatic heterocycles. The summed E-state index contributed by atoms with van der Waals surface area (Å²) in [6.07, 6.45) is 2.89. The van der Waals surface area contributed by atoms with Gasteiger partial charge in [-0.05, 0) is 47.5 Å². The second-order valence-corrected chi connectivity index (χ2v) is 10.8. The fourth-order valence-electron chi connectivity index (χ4n) is 3.66. The largest absolute Gasteiger partial charge is 0.488 e. The number of rotatable bonds is 13. The Hall–Kier alpha value is -4.28. The molecule has 0 heterocycles. The third-order valence-electron chi connectivity index (χ3n) is 5.78. The lowest BCUT2D eigenvalue weighted by atomic mass is 10.2. The van der Waals surface area contributed by atoms with Crippen molar-refractivity contribution < 1.29 is 19.1 Å². The zero-order chi connectivity index (χ0) is 29.6. The Morgan fingerprint density at radius 1 is 0.619 bits per heavy atom. The number of carbonyl (C=O) groups excluding carboxylic acids is 2. The molecule has 0 unspecified atom stereocenters. The summed E-state index contributed by atoms with van der Waals surface area (Å²) < 4.78 is 13.5. The molecular weight excluding hydrogens is 664 g/mol. The summed E-state index contributed by atoms with van der Waals surface area (Å²) in [5.74, 6) is 0.430. The highest BCUT2D eigenvalue weighted by atomic mass is 79.9. The third-order valence-corrected chi connectivity index (χ3v) is 6.77. The van der Waals surface area contributed by atoms with Crippen LogP contribution in [0.25, 0.3) is 0 Å². The molecule has 0 aliphatic rings. The van der Waals surface area contributed by atoms with Crippen LogP contribution in [0.3, 0.4) is 0 Å². The van der Waals surface area contributed by atoms with E-state index in [0.717, 1.165) is 20.1 Å². The van der Waals surface area contributed by atoms with Gasteiger partial charge >= 0.3 is 0 Å². The zero-order valence-electron chi connectivity index (χ0n) is 22.5. The van der Waals surface area contributed by atoms with Gasteiger partial charge in [-0.2, -0.15) is 10.2 Å². The van der Waals surface area contributed by atoms with Crippen LogP contribution in [0.2, 0.25) is 0 Å². The number of ether oxygens (including phenoxy) is 2.